The molecule has 1 unspecified atom stereocenters. The van der Waals surface area contributed by atoms with Crippen LogP contribution in [0.4, 0.5) is 11.8 Å². The Labute approximate surface area is 115 Å². The second-order valence-corrected chi connectivity index (χ2v) is 4.56. The summed E-state index contributed by atoms with van der Waals surface area (Å²) in [6.07, 6.45) is 1.58. The number of nitrogen functional groups attached to an aromatic ring is 1. The van der Waals surface area contributed by atoms with Gasteiger partial charge in [0.05, 0.1) is 18.7 Å². The van der Waals surface area contributed by atoms with Crippen LogP contribution in [0.1, 0.15) is 13.8 Å². The monoisotopic (exact) mass is 279 g/mol. The first kappa shape index (κ1) is 14.0. The average Bonchev–Trinajstić information content (AvgIpc) is 2.91. The molecule has 0 aliphatic heterocycles. The second kappa shape index (κ2) is 5.70. The van der Waals surface area contributed by atoms with E-state index < -0.39 is 6.04 Å². The number of anilines is 2. The van der Waals surface area contributed by atoms with Gasteiger partial charge in [0.25, 0.3) is 0 Å². The number of nitrogens with one attached hydrogen (secondary N) is 3. The number of aromatic amines is 1. The third kappa shape index (κ3) is 2.62. The third-order valence-corrected chi connectivity index (χ3v) is 2.85. The minimum Gasteiger partial charge on any atom is -0.467 e. The highest BCUT2D eigenvalue weighted by Crippen LogP contribution is 2.22. The van der Waals surface area contributed by atoms with Gasteiger partial charge in [-0.2, -0.15) is 15.1 Å². The molecule has 5 N–H and O–H groups in total. The molecule has 9 heteroatoms. The van der Waals surface area contributed by atoms with Gasteiger partial charge in [0.2, 0.25) is 5.95 Å². The van der Waals surface area contributed by atoms with Crippen LogP contribution in [-0.2, 0) is 9.53 Å². The molecule has 2 rings (SSSR count). The summed E-state index contributed by atoms with van der Waals surface area (Å²) in [7, 11) is 1.35. The molecule has 0 saturated heterocycles. The number of ether oxygens (including phenoxy) is 1. The van der Waals surface area contributed by atoms with Crippen molar-refractivity contribution in [1.82, 2.24) is 20.2 Å². The van der Waals surface area contributed by atoms with E-state index in [0.29, 0.717) is 16.9 Å². The number of nitrogens with two attached hydrogens (primary N) is 1. The van der Waals surface area contributed by atoms with Crippen molar-refractivity contribution in [3.63, 3.8) is 0 Å². The number of H-pyrrole nitrogens is 1. The van der Waals surface area contributed by atoms with Crippen LogP contribution in [0, 0.1) is 5.92 Å². The van der Waals surface area contributed by atoms with E-state index in [4.69, 9.17) is 10.6 Å². The molecule has 0 bridgehead atoms. The van der Waals surface area contributed by atoms with Crippen molar-refractivity contribution >= 4 is 28.8 Å². The standard InChI is InChI=1S/C11H17N7O2/c1-5(2)7(10(19)20-3)14-8-6-4-13-18-9(6)16-11(15-8)17-12/h4-5,7H,12H2,1-3H3,(H3,13,14,15,16,17,18). The topological polar surface area (TPSA) is 131 Å². The van der Waals surface area contributed by atoms with Crippen LogP contribution < -0.4 is 16.6 Å². The minimum absolute atomic E-state index is 0.0219. The Morgan fingerprint density at radius 1 is 1.45 bits per heavy atom. The fraction of sp³-hybridized carbons (Fsp3) is 0.455. The Bertz CT molecular complexity index is 610. The number of nitrogens with zero attached hydrogens (tertiary/aromatic N) is 3. The van der Waals surface area contributed by atoms with Gasteiger partial charge >= 0.3 is 5.97 Å². The molecule has 0 radical (unpaired) electrons. The van der Waals surface area contributed by atoms with Gasteiger partial charge in [-0.1, -0.05) is 13.8 Å². The molecule has 0 amide bonds. The van der Waals surface area contributed by atoms with Gasteiger partial charge in [-0.25, -0.2) is 10.6 Å². The van der Waals surface area contributed by atoms with E-state index in [1.54, 1.807) is 6.20 Å². The van der Waals surface area contributed by atoms with E-state index in [0.717, 1.165) is 0 Å². The molecule has 20 heavy (non-hydrogen) atoms. The highest BCUT2D eigenvalue weighted by Gasteiger charge is 2.24. The Kier molecular flexibility index (Phi) is 3.99. The molecular weight excluding hydrogens is 262 g/mol. The van der Waals surface area contributed by atoms with Gasteiger partial charge in [0, 0.05) is 0 Å². The molecule has 2 aromatic rings. The summed E-state index contributed by atoms with van der Waals surface area (Å²) in [4.78, 5) is 20.1. The number of esters is 1. The van der Waals surface area contributed by atoms with E-state index in [-0.39, 0.29) is 17.8 Å². The van der Waals surface area contributed by atoms with E-state index in [1.807, 2.05) is 13.8 Å². The van der Waals surface area contributed by atoms with Crippen molar-refractivity contribution in [2.24, 2.45) is 11.8 Å². The number of hydrazine groups is 1. The van der Waals surface area contributed by atoms with Crippen molar-refractivity contribution in [1.29, 1.82) is 0 Å². The Morgan fingerprint density at radius 3 is 2.80 bits per heavy atom. The van der Waals surface area contributed by atoms with Gasteiger partial charge in [-0.05, 0) is 5.92 Å². The lowest BCUT2D eigenvalue weighted by Gasteiger charge is -2.20. The van der Waals surface area contributed by atoms with Gasteiger partial charge < -0.3 is 10.1 Å². The lowest BCUT2D eigenvalue weighted by atomic mass is 10.0. The fourth-order valence-corrected chi connectivity index (χ4v) is 1.78. The molecule has 0 saturated carbocycles. The zero-order chi connectivity index (χ0) is 14.7. The summed E-state index contributed by atoms with van der Waals surface area (Å²) in [5, 5.41) is 10.3. The highest BCUT2D eigenvalue weighted by atomic mass is 16.5. The molecule has 2 aromatic heterocycles. The summed E-state index contributed by atoms with van der Waals surface area (Å²) in [6, 6.07) is -0.529. The van der Waals surface area contributed by atoms with Crippen LogP contribution in [0.2, 0.25) is 0 Å². The smallest absolute Gasteiger partial charge is 0.328 e. The van der Waals surface area contributed by atoms with Crippen LogP contribution in [0.5, 0.6) is 0 Å². The van der Waals surface area contributed by atoms with Crippen molar-refractivity contribution in [3.8, 4) is 0 Å². The molecule has 1 atom stereocenters. The lowest BCUT2D eigenvalue weighted by molar-refractivity contribution is -0.142. The van der Waals surface area contributed by atoms with Crippen LogP contribution in [0.25, 0.3) is 11.0 Å². The van der Waals surface area contributed by atoms with Gasteiger partial charge in [-0.3, -0.25) is 10.5 Å². The van der Waals surface area contributed by atoms with E-state index in [9.17, 15) is 4.79 Å². The summed E-state index contributed by atoms with van der Waals surface area (Å²) in [5.41, 5.74) is 2.89. The SMILES string of the molecule is COC(=O)C(Nc1nc(NN)nc2[nH]ncc12)C(C)C. The van der Waals surface area contributed by atoms with Crippen LogP contribution in [-0.4, -0.2) is 39.3 Å². The van der Waals surface area contributed by atoms with Crippen molar-refractivity contribution in [2.45, 2.75) is 19.9 Å². The molecule has 2 heterocycles. The molecule has 9 nitrogen and oxygen atoms in total. The van der Waals surface area contributed by atoms with Gasteiger partial charge in [0.1, 0.15) is 11.9 Å². The quantitative estimate of drug-likeness (QED) is 0.348. The number of fused-ring (bicyclic) bond motifs is 1. The first-order chi connectivity index (χ1) is 9.56. The second-order valence-electron chi connectivity index (χ2n) is 4.56. The Hall–Kier alpha value is -2.42. The molecular formula is C11H17N7O2. The van der Waals surface area contributed by atoms with Gasteiger partial charge in [-0.15, -0.1) is 0 Å². The van der Waals surface area contributed by atoms with Gasteiger partial charge in [0.15, 0.2) is 5.65 Å². The minimum atomic E-state index is -0.529. The number of hydrogen-bond acceptors (Lipinski definition) is 8. The summed E-state index contributed by atoms with van der Waals surface area (Å²) < 4.78 is 4.79. The number of methoxy groups -OCH3 is 1. The van der Waals surface area contributed by atoms with Crippen LogP contribution >= 0.6 is 0 Å². The number of carbonyl (C=O) groups is 1. The molecule has 0 fully saturated rings. The maximum atomic E-state index is 11.8. The Balaban J connectivity index is 2.40. The third-order valence-electron chi connectivity index (χ3n) is 2.85. The number of aromatic nitrogens is 4. The Morgan fingerprint density at radius 2 is 2.20 bits per heavy atom. The highest BCUT2D eigenvalue weighted by molar-refractivity contribution is 5.89. The summed E-state index contributed by atoms with van der Waals surface area (Å²) in [6.45, 7) is 3.81. The number of rotatable bonds is 5. The maximum Gasteiger partial charge on any atom is 0.328 e. The van der Waals surface area contributed by atoms with Crippen molar-refractivity contribution < 1.29 is 9.53 Å². The first-order valence-corrected chi connectivity index (χ1v) is 6.09. The zero-order valence-electron chi connectivity index (χ0n) is 11.5. The largest absolute Gasteiger partial charge is 0.467 e. The summed E-state index contributed by atoms with van der Waals surface area (Å²) >= 11 is 0. The molecule has 0 aliphatic rings. The normalized spacial score (nSPS) is 12.4. The average molecular weight is 279 g/mol. The van der Waals surface area contributed by atoms with E-state index in [2.05, 4.69) is 30.9 Å². The molecule has 0 spiro atoms. The van der Waals surface area contributed by atoms with E-state index >= 15 is 0 Å². The van der Waals surface area contributed by atoms with Crippen molar-refractivity contribution in [2.75, 3.05) is 17.9 Å². The lowest BCUT2D eigenvalue weighted by Crippen LogP contribution is -2.36. The summed E-state index contributed by atoms with van der Waals surface area (Å²) in [5.74, 6) is 5.66. The predicted octanol–water partition coefficient (Wildman–Crippen LogP) is 0.248. The molecule has 108 valence electrons. The molecule has 0 aliphatic carbocycles. The number of carbonyl (C=O) groups excluding carboxylic acids is 1. The zero-order valence-corrected chi connectivity index (χ0v) is 11.5. The first-order valence-electron chi connectivity index (χ1n) is 6.09. The number of hydrogen-bond donors (Lipinski definition) is 4. The van der Waals surface area contributed by atoms with E-state index in [1.165, 1.54) is 7.11 Å². The van der Waals surface area contributed by atoms with Crippen molar-refractivity contribution in [3.05, 3.63) is 6.20 Å². The predicted molar refractivity (Wildman–Crippen MR) is 73.8 cm³/mol. The maximum absolute atomic E-state index is 11.8. The fourth-order valence-electron chi connectivity index (χ4n) is 1.78. The van der Waals surface area contributed by atoms with Crippen LogP contribution in [0.3, 0.4) is 0 Å². The van der Waals surface area contributed by atoms with Crippen LogP contribution in [0.15, 0.2) is 6.20 Å². The molecule has 0 aromatic carbocycles.